The number of hydrogen-bond donors (Lipinski definition) is 1. The van der Waals surface area contributed by atoms with Gasteiger partial charge in [-0.15, -0.1) is 10.2 Å². The van der Waals surface area contributed by atoms with Crippen LogP contribution in [-0.2, 0) is 6.54 Å². The van der Waals surface area contributed by atoms with Crippen LogP contribution in [0.1, 0.15) is 23.0 Å². The molecule has 1 N–H and O–H groups in total. The summed E-state index contributed by atoms with van der Waals surface area (Å²) in [6, 6.07) is 19.8. The number of amides is 1. The van der Waals surface area contributed by atoms with Gasteiger partial charge in [0, 0.05) is 24.0 Å². The molecular formula is C24H20FN7OS. The minimum absolute atomic E-state index is 0.152. The number of rotatable bonds is 7. The molecule has 0 radical (unpaired) electrons. The third-order valence-electron chi connectivity index (χ3n) is 5.25. The first-order valence-electron chi connectivity index (χ1n) is 10.7. The van der Waals surface area contributed by atoms with Crippen LogP contribution in [0.2, 0.25) is 0 Å². The number of fused-ring (bicyclic) bond motifs is 1. The Kier molecular flexibility index (Phi) is 5.96. The predicted molar refractivity (Wildman–Crippen MR) is 130 cm³/mol. The molecular weight excluding hydrogens is 453 g/mol. The normalized spacial score (nSPS) is 11.0. The zero-order valence-corrected chi connectivity index (χ0v) is 19.0. The number of hydrogen-bond acceptors (Lipinski definition) is 7. The summed E-state index contributed by atoms with van der Waals surface area (Å²) < 4.78 is 15.7. The summed E-state index contributed by atoms with van der Waals surface area (Å²) in [5, 5.41) is 17.2. The number of halogens is 1. The highest BCUT2D eigenvalue weighted by atomic mass is 32.1. The van der Waals surface area contributed by atoms with Crippen LogP contribution in [0.3, 0.4) is 0 Å². The number of anilines is 3. The van der Waals surface area contributed by atoms with Gasteiger partial charge in [-0.1, -0.05) is 47.7 Å². The van der Waals surface area contributed by atoms with E-state index in [0.29, 0.717) is 33.4 Å². The first-order chi connectivity index (χ1) is 16.6. The fourth-order valence-electron chi connectivity index (χ4n) is 3.64. The van der Waals surface area contributed by atoms with Crippen molar-refractivity contribution in [2.75, 3.05) is 16.8 Å². The topological polar surface area (TPSA) is 88.8 Å². The molecule has 0 aliphatic carbocycles. The van der Waals surface area contributed by atoms with Crippen molar-refractivity contribution in [3.05, 3.63) is 90.0 Å². The number of carbonyl (C=O) groups is 1. The molecule has 3 heterocycles. The standard InChI is InChI=1S/C24H20FN7OS/c1-2-31(17-10-4-3-5-11-17)24-29-28-23(34-24)27-22(33)20-18-12-8-14-26-21(18)32(30-20)15-16-9-6-7-13-19(16)25/h3-14H,2,15H2,1H3,(H,27,28,33). The quantitative estimate of drug-likeness (QED) is 0.362. The van der Waals surface area contributed by atoms with E-state index in [1.165, 1.54) is 22.1 Å². The minimum Gasteiger partial charge on any atom is -0.317 e. The number of para-hydroxylation sites is 1. The number of pyridine rings is 1. The molecule has 10 heteroatoms. The molecule has 0 aliphatic rings. The molecule has 170 valence electrons. The summed E-state index contributed by atoms with van der Waals surface area (Å²) in [5.41, 5.74) is 2.13. The minimum atomic E-state index is -0.434. The number of benzene rings is 2. The lowest BCUT2D eigenvalue weighted by Gasteiger charge is -2.18. The van der Waals surface area contributed by atoms with Crippen molar-refractivity contribution in [3.63, 3.8) is 0 Å². The molecule has 0 bridgehead atoms. The largest absolute Gasteiger partial charge is 0.317 e. The second kappa shape index (κ2) is 9.36. The van der Waals surface area contributed by atoms with Crippen LogP contribution < -0.4 is 10.2 Å². The Morgan fingerprint density at radius 3 is 2.65 bits per heavy atom. The summed E-state index contributed by atoms with van der Waals surface area (Å²) in [6.07, 6.45) is 1.61. The Balaban J connectivity index is 1.41. The summed E-state index contributed by atoms with van der Waals surface area (Å²) >= 11 is 1.27. The van der Waals surface area contributed by atoms with Crippen molar-refractivity contribution in [3.8, 4) is 0 Å². The van der Waals surface area contributed by atoms with Crippen molar-refractivity contribution in [1.29, 1.82) is 0 Å². The van der Waals surface area contributed by atoms with E-state index in [4.69, 9.17) is 0 Å². The molecule has 0 unspecified atom stereocenters. The molecule has 0 saturated heterocycles. The molecule has 0 saturated carbocycles. The van der Waals surface area contributed by atoms with E-state index in [1.54, 1.807) is 36.5 Å². The second-order valence-corrected chi connectivity index (χ2v) is 8.35. The van der Waals surface area contributed by atoms with Crippen LogP contribution in [0.4, 0.5) is 20.3 Å². The van der Waals surface area contributed by atoms with Crippen LogP contribution in [0.15, 0.2) is 72.9 Å². The van der Waals surface area contributed by atoms with E-state index in [0.717, 1.165) is 5.69 Å². The average Bonchev–Trinajstić information content (AvgIpc) is 3.47. The average molecular weight is 474 g/mol. The van der Waals surface area contributed by atoms with Gasteiger partial charge in [0.25, 0.3) is 5.91 Å². The van der Waals surface area contributed by atoms with Gasteiger partial charge in [-0.2, -0.15) is 5.10 Å². The van der Waals surface area contributed by atoms with Gasteiger partial charge in [0.2, 0.25) is 10.3 Å². The van der Waals surface area contributed by atoms with E-state index >= 15 is 0 Å². The summed E-state index contributed by atoms with van der Waals surface area (Å²) in [5.74, 6) is -0.774. The van der Waals surface area contributed by atoms with Crippen molar-refractivity contribution in [2.24, 2.45) is 0 Å². The Morgan fingerprint density at radius 1 is 1.06 bits per heavy atom. The SMILES string of the molecule is CCN(c1ccccc1)c1nnc(NC(=O)c2nn(Cc3ccccc3F)c3ncccc23)s1. The Bertz CT molecular complexity index is 1450. The summed E-state index contributed by atoms with van der Waals surface area (Å²) in [6.45, 7) is 2.87. The van der Waals surface area contributed by atoms with E-state index in [9.17, 15) is 9.18 Å². The summed E-state index contributed by atoms with van der Waals surface area (Å²) in [7, 11) is 0. The van der Waals surface area contributed by atoms with E-state index in [-0.39, 0.29) is 18.1 Å². The number of aromatic nitrogens is 5. The maximum Gasteiger partial charge on any atom is 0.278 e. The van der Waals surface area contributed by atoms with Crippen LogP contribution in [0, 0.1) is 5.82 Å². The monoisotopic (exact) mass is 473 g/mol. The molecule has 5 aromatic rings. The fraction of sp³-hybridized carbons (Fsp3) is 0.125. The first-order valence-corrected chi connectivity index (χ1v) is 11.5. The van der Waals surface area contributed by atoms with E-state index in [2.05, 4.69) is 25.6 Å². The molecule has 5 rings (SSSR count). The molecule has 8 nitrogen and oxygen atoms in total. The lowest BCUT2D eigenvalue weighted by atomic mass is 10.2. The first kappa shape index (κ1) is 21.7. The van der Waals surface area contributed by atoms with Gasteiger partial charge in [-0.3, -0.25) is 10.1 Å². The molecule has 2 aromatic carbocycles. The molecule has 0 atom stereocenters. The van der Waals surface area contributed by atoms with Crippen LogP contribution in [-0.4, -0.2) is 37.4 Å². The lowest BCUT2D eigenvalue weighted by molar-refractivity contribution is 0.102. The Morgan fingerprint density at radius 2 is 1.85 bits per heavy atom. The van der Waals surface area contributed by atoms with Crippen LogP contribution in [0.25, 0.3) is 11.0 Å². The summed E-state index contributed by atoms with van der Waals surface area (Å²) in [4.78, 5) is 19.5. The molecule has 0 fully saturated rings. The van der Waals surface area contributed by atoms with Gasteiger partial charge in [-0.25, -0.2) is 14.1 Å². The van der Waals surface area contributed by atoms with E-state index < -0.39 is 5.91 Å². The van der Waals surface area contributed by atoms with Gasteiger partial charge in [0.15, 0.2) is 11.3 Å². The Labute approximate surface area is 198 Å². The highest BCUT2D eigenvalue weighted by Gasteiger charge is 2.21. The van der Waals surface area contributed by atoms with Gasteiger partial charge < -0.3 is 4.90 Å². The van der Waals surface area contributed by atoms with Crippen molar-refractivity contribution in [1.82, 2.24) is 25.0 Å². The molecule has 34 heavy (non-hydrogen) atoms. The van der Waals surface area contributed by atoms with Gasteiger partial charge in [0.1, 0.15) is 5.82 Å². The van der Waals surface area contributed by atoms with Crippen molar-refractivity contribution >= 4 is 44.2 Å². The van der Waals surface area contributed by atoms with Crippen molar-refractivity contribution < 1.29 is 9.18 Å². The smallest absolute Gasteiger partial charge is 0.278 e. The molecule has 0 aliphatic heterocycles. The van der Waals surface area contributed by atoms with Crippen molar-refractivity contribution in [2.45, 2.75) is 13.5 Å². The van der Waals surface area contributed by atoms with E-state index in [1.807, 2.05) is 42.2 Å². The highest BCUT2D eigenvalue weighted by molar-refractivity contribution is 7.19. The molecule has 3 aromatic heterocycles. The highest BCUT2D eigenvalue weighted by Crippen LogP contribution is 2.30. The molecule has 0 spiro atoms. The predicted octanol–water partition coefficient (Wildman–Crippen LogP) is 4.88. The van der Waals surface area contributed by atoms with Gasteiger partial charge in [-0.05, 0) is 37.3 Å². The van der Waals surface area contributed by atoms with Crippen LogP contribution in [0.5, 0.6) is 0 Å². The maximum absolute atomic E-state index is 14.2. The lowest BCUT2D eigenvalue weighted by Crippen LogP contribution is -2.15. The zero-order chi connectivity index (χ0) is 23.5. The zero-order valence-electron chi connectivity index (χ0n) is 18.2. The number of carbonyl (C=O) groups excluding carboxylic acids is 1. The van der Waals surface area contributed by atoms with Gasteiger partial charge >= 0.3 is 0 Å². The Hall–Kier alpha value is -4.18. The number of nitrogens with zero attached hydrogens (tertiary/aromatic N) is 6. The maximum atomic E-state index is 14.2. The van der Waals surface area contributed by atoms with Crippen LogP contribution >= 0.6 is 11.3 Å². The number of nitrogens with one attached hydrogen (secondary N) is 1. The third kappa shape index (κ3) is 4.23. The fourth-order valence-corrected chi connectivity index (χ4v) is 4.47. The molecule has 1 amide bonds. The second-order valence-electron chi connectivity index (χ2n) is 7.40. The van der Waals surface area contributed by atoms with Gasteiger partial charge in [0.05, 0.1) is 11.9 Å². The third-order valence-corrected chi connectivity index (χ3v) is 6.11.